The molecular formula is C20H22N4O4S. The SMILES string of the molecule is CCOc1ccc2nc(NCC(=O)NCc3ccc(CC(=O)NO)cc3)sc2c1. The smallest absolute Gasteiger partial charge is 0.247 e. The van der Waals surface area contributed by atoms with E-state index in [0.717, 1.165) is 27.1 Å². The molecule has 1 aromatic heterocycles. The first kappa shape index (κ1) is 20.6. The van der Waals surface area contributed by atoms with Crippen LogP contribution in [0.2, 0.25) is 0 Å². The van der Waals surface area contributed by atoms with E-state index < -0.39 is 5.91 Å². The van der Waals surface area contributed by atoms with Gasteiger partial charge in [0, 0.05) is 6.54 Å². The van der Waals surface area contributed by atoms with E-state index in [1.54, 1.807) is 17.6 Å². The molecule has 152 valence electrons. The Kier molecular flexibility index (Phi) is 6.99. The number of thiazole rings is 1. The number of ether oxygens (including phenoxy) is 1. The number of fused-ring (bicyclic) bond motifs is 1. The van der Waals surface area contributed by atoms with Crippen LogP contribution in [-0.4, -0.2) is 35.2 Å². The fourth-order valence-electron chi connectivity index (χ4n) is 2.66. The lowest BCUT2D eigenvalue weighted by atomic mass is 10.1. The van der Waals surface area contributed by atoms with Gasteiger partial charge in [-0.25, -0.2) is 10.5 Å². The van der Waals surface area contributed by atoms with Crippen molar-refractivity contribution in [1.82, 2.24) is 15.8 Å². The standard InChI is InChI=1S/C20H22N4O4S/c1-2-28-15-7-8-16-17(10-15)29-20(23-16)22-12-19(26)21-11-14-5-3-13(4-6-14)9-18(25)24-27/h3-8,10,27H,2,9,11-12H2,1H3,(H,21,26)(H,22,23)(H,24,25). The van der Waals surface area contributed by atoms with Crippen molar-refractivity contribution < 1.29 is 19.5 Å². The fourth-order valence-corrected chi connectivity index (χ4v) is 3.55. The van der Waals surface area contributed by atoms with Crippen LogP contribution in [0.15, 0.2) is 42.5 Å². The maximum Gasteiger partial charge on any atom is 0.247 e. The molecule has 0 aliphatic rings. The Bertz CT molecular complexity index is 988. The van der Waals surface area contributed by atoms with Gasteiger partial charge in [0.05, 0.1) is 29.8 Å². The van der Waals surface area contributed by atoms with Gasteiger partial charge < -0.3 is 15.4 Å². The van der Waals surface area contributed by atoms with Crippen molar-refractivity contribution in [2.45, 2.75) is 19.9 Å². The third-order valence-electron chi connectivity index (χ3n) is 4.07. The molecule has 9 heteroatoms. The number of carbonyl (C=O) groups excluding carboxylic acids is 2. The van der Waals surface area contributed by atoms with E-state index in [2.05, 4.69) is 15.6 Å². The highest BCUT2D eigenvalue weighted by Crippen LogP contribution is 2.29. The molecule has 0 aliphatic carbocycles. The lowest BCUT2D eigenvalue weighted by molar-refractivity contribution is -0.128. The second-order valence-corrected chi connectivity index (χ2v) is 7.27. The molecule has 0 radical (unpaired) electrons. The molecule has 0 saturated carbocycles. The predicted molar refractivity (Wildman–Crippen MR) is 111 cm³/mol. The van der Waals surface area contributed by atoms with E-state index in [0.29, 0.717) is 18.3 Å². The molecule has 0 fully saturated rings. The summed E-state index contributed by atoms with van der Waals surface area (Å²) in [6, 6.07) is 12.9. The summed E-state index contributed by atoms with van der Waals surface area (Å²) in [5, 5.41) is 15.1. The molecule has 0 spiro atoms. The number of carbonyl (C=O) groups is 2. The first-order valence-corrected chi connectivity index (χ1v) is 9.93. The Labute approximate surface area is 171 Å². The zero-order valence-electron chi connectivity index (χ0n) is 15.9. The van der Waals surface area contributed by atoms with Gasteiger partial charge in [0.2, 0.25) is 11.8 Å². The number of anilines is 1. The van der Waals surface area contributed by atoms with Crippen molar-refractivity contribution in [1.29, 1.82) is 0 Å². The Morgan fingerprint density at radius 2 is 1.86 bits per heavy atom. The maximum absolute atomic E-state index is 12.1. The number of amides is 2. The average Bonchev–Trinajstić information content (AvgIpc) is 3.14. The Balaban J connectivity index is 1.47. The molecule has 29 heavy (non-hydrogen) atoms. The van der Waals surface area contributed by atoms with Crippen molar-refractivity contribution in [3.05, 3.63) is 53.6 Å². The number of rotatable bonds is 9. The molecule has 2 aromatic carbocycles. The lowest BCUT2D eigenvalue weighted by Crippen LogP contribution is -2.29. The van der Waals surface area contributed by atoms with Crippen LogP contribution >= 0.6 is 11.3 Å². The number of nitrogens with one attached hydrogen (secondary N) is 3. The van der Waals surface area contributed by atoms with E-state index in [4.69, 9.17) is 9.94 Å². The van der Waals surface area contributed by atoms with E-state index in [-0.39, 0.29) is 18.9 Å². The van der Waals surface area contributed by atoms with Crippen LogP contribution in [0.4, 0.5) is 5.13 Å². The Morgan fingerprint density at radius 3 is 2.59 bits per heavy atom. The highest BCUT2D eigenvalue weighted by Gasteiger charge is 2.08. The van der Waals surface area contributed by atoms with Crippen LogP contribution in [0.1, 0.15) is 18.1 Å². The number of hydroxylamine groups is 1. The van der Waals surface area contributed by atoms with E-state index in [1.807, 2.05) is 37.3 Å². The van der Waals surface area contributed by atoms with E-state index in [1.165, 1.54) is 11.3 Å². The molecule has 3 aromatic rings. The van der Waals surface area contributed by atoms with Gasteiger partial charge in [0.1, 0.15) is 5.75 Å². The third kappa shape index (κ3) is 5.90. The van der Waals surface area contributed by atoms with Gasteiger partial charge in [-0.2, -0.15) is 0 Å². The van der Waals surface area contributed by atoms with Gasteiger partial charge >= 0.3 is 0 Å². The number of aromatic nitrogens is 1. The molecule has 2 amide bonds. The minimum Gasteiger partial charge on any atom is -0.494 e. The summed E-state index contributed by atoms with van der Waals surface area (Å²) in [6.07, 6.45) is 0.0985. The topological polar surface area (TPSA) is 113 Å². The zero-order chi connectivity index (χ0) is 20.6. The van der Waals surface area contributed by atoms with Crippen LogP contribution in [-0.2, 0) is 22.6 Å². The predicted octanol–water partition coefficient (Wildman–Crippen LogP) is 2.47. The minimum absolute atomic E-state index is 0.0985. The number of hydrogen-bond acceptors (Lipinski definition) is 7. The highest BCUT2D eigenvalue weighted by molar-refractivity contribution is 7.22. The summed E-state index contributed by atoms with van der Waals surface area (Å²) < 4.78 is 6.49. The van der Waals surface area contributed by atoms with Gasteiger partial charge in [-0.3, -0.25) is 14.8 Å². The van der Waals surface area contributed by atoms with Crippen LogP contribution in [0, 0.1) is 0 Å². The molecule has 3 rings (SSSR count). The number of benzene rings is 2. The highest BCUT2D eigenvalue weighted by atomic mass is 32.1. The summed E-state index contributed by atoms with van der Waals surface area (Å²) in [6.45, 7) is 3.04. The second-order valence-electron chi connectivity index (χ2n) is 6.24. The van der Waals surface area contributed by atoms with Gasteiger partial charge in [-0.1, -0.05) is 35.6 Å². The van der Waals surface area contributed by atoms with Crippen molar-refractivity contribution in [2.24, 2.45) is 0 Å². The van der Waals surface area contributed by atoms with Crippen molar-refractivity contribution in [2.75, 3.05) is 18.5 Å². The van der Waals surface area contributed by atoms with Gasteiger partial charge in [-0.15, -0.1) is 0 Å². The average molecular weight is 414 g/mol. The summed E-state index contributed by atoms with van der Waals surface area (Å²) in [5.41, 5.74) is 4.14. The Morgan fingerprint density at radius 1 is 1.10 bits per heavy atom. The summed E-state index contributed by atoms with van der Waals surface area (Å²) in [5.74, 6) is 0.181. The zero-order valence-corrected chi connectivity index (χ0v) is 16.7. The fraction of sp³-hybridized carbons (Fsp3) is 0.250. The van der Waals surface area contributed by atoms with Crippen LogP contribution in [0.3, 0.4) is 0 Å². The molecule has 8 nitrogen and oxygen atoms in total. The van der Waals surface area contributed by atoms with E-state index in [9.17, 15) is 9.59 Å². The first-order valence-electron chi connectivity index (χ1n) is 9.12. The molecule has 1 heterocycles. The largest absolute Gasteiger partial charge is 0.494 e. The quantitative estimate of drug-likeness (QED) is 0.316. The van der Waals surface area contributed by atoms with Gasteiger partial charge in [-0.05, 0) is 36.2 Å². The summed E-state index contributed by atoms with van der Waals surface area (Å²) >= 11 is 1.47. The monoisotopic (exact) mass is 414 g/mol. The van der Waals surface area contributed by atoms with Gasteiger partial charge in [0.15, 0.2) is 5.13 Å². The first-order chi connectivity index (χ1) is 14.1. The molecule has 4 N–H and O–H groups in total. The molecule has 0 atom stereocenters. The maximum atomic E-state index is 12.1. The number of hydrogen-bond donors (Lipinski definition) is 4. The van der Waals surface area contributed by atoms with E-state index >= 15 is 0 Å². The minimum atomic E-state index is -0.471. The summed E-state index contributed by atoms with van der Waals surface area (Å²) in [4.78, 5) is 27.7. The Hall–Kier alpha value is -3.17. The van der Waals surface area contributed by atoms with Crippen molar-refractivity contribution >= 4 is 38.5 Å². The summed E-state index contributed by atoms with van der Waals surface area (Å²) in [7, 11) is 0. The van der Waals surface area contributed by atoms with Crippen LogP contribution < -0.4 is 20.9 Å². The normalized spacial score (nSPS) is 10.6. The van der Waals surface area contributed by atoms with Crippen LogP contribution in [0.25, 0.3) is 10.2 Å². The van der Waals surface area contributed by atoms with Crippen LogP contribution in [0.5, 0.6) is 5.75 Å². The van der Waals surface area contributed by atoms with Gasteiger partial charge in [0.25, 0.3) is 0 Å². The molecule has 0 bridgehead atoms. The molecule has 0 saturated heterocycles. The number of nitrogens with zero attached hydrogens (tertiary/aromatic N) is 1. The second kappa shape index (κ2) is 9.85. The molecule has 0 unspecified atom stereocenters. The molecule has 0 aliphatic heterocycles. The lowest BCUT2D eigenvalue weighted by Gasteiger charge is -2.07. The van der Waals surface area contributed by atoms with Crippen molar-refractivity contribution in [3.8, 4) is 5.75 Å². The molecular weight excluding hydrogens is 392 g/mol. The third-order valence-corrected chi connectivity index (χ3v) is 5.05. The van der Waals surface area contributed by atoms with Crippen molar-refractivity contribution in [3.63, 3.8) is 0 Å².